The highest BCUT2D eigenvalue weighted by atomic mass is 19.1. The molecule has 3 rings (SSSR count). The number of rotatable bonds is 11. The Kier molecular flexibility index (Phi) is 8.44. The molecular weight excluding hydrogens is 451 g/mol. The highest BCUT2D eigenvalue weighted by Crippen LogP contribution is 2.35. The number of nitrogen functional groups attached to an aromatic ring is 1. The molecule has 10 heteroatoms. The number of nitrogens with zero attached hydrogens (tertiary/aromatic N) is 1. The van der Waals surface area contributed by atoms with Crippen LogP contribution in [-0.2, 0) is 4.79 Å². The Balaban J connectivity index is 1.96. The van der Waals surface area contributed by atoms with Crippen molar-refractivity contribution in [3.63, 3.8) is 0 Å². The Bertz CT molecular complexity index is 1160. The number of nitrogens with two attached hydrogens (primary N) is 1. The van der Waals surface area contributed by atoms with Crippen molar-refractivity contribution in [3.05, 3.63) is 77.7 Å². The van der Waals surface area contributed by atoms with Crippen molar-refractivity contribution in [2.75, 3.05) is 17.3 Å². The van der Waals surface area contributed by atoms with Crippen molar-refractivity contribution in [1.29, 1.82) is 5.41 Å². The summed E-state index contributed by atoms with van der Waals surface area (Å²) in [5.41, 5.74) is 11.9. The van der Waals surface area contributed by atoms with Crippen LogP contribution in [0.1, 0.15) is 37.9 Å². The maximum atomic E-state index is 15.3. The van der Waals surface area contributed by atoms with E-state index < -0.39 is 17.8 Å². The maximum absolute atomic E-state index is 15.3. The molecule has 0 aliphatic carbocycles. The Labute approximate surface area is 203 Å². The summed E-state index contributed by atoms with van der Waals surface area (Å²) in [6.45, 7) is 5.79. The fourth-order valence-corrected chi connectivity index (χ4v) is 3.22. The van der Waals surface area contributed by atoms with Crippen LogP contribution in [0.3, 0.4) is 0 Å². The Morgan fingerprint density at radius 1 is 1.14 bits per heavy atom. The van der Waals surface area contributed by atoms with Crippen LogP contribution in [0.2, 0.25) is 0 Å². The van der Waals surface area contributed by atoms with E-state index in [-0.39, 0.29) is 23.3 Å². The SMILES string of the molecule is CCOc1cc(C(Nc2ccc(C(=N)N)cc2)C(=O)NNc2ccccn2)c(F)cc1OC(C)C. The molecule has 3 aromatic rings. The van der Waals surface area contributed by atoms with Gasteiger partial charge >= 0.3 is 0 Å². The molecule has 0 radical (unpaired) electrons. The smallest absolute Gasteiger partial charge is 0.265 e. The molecule has 0 bridgehead atoms. The predicted molar refractivity (Wildman–Crippen MR) is 133 cm³/mol. The van der Waals surface area contributed by atoms with Gasteiger partial charge in [0, 0.05) is 29.1 Å². The molecule has 0 aliphatic rings. The van der Waals surface area contributed by atoms with Gasteiger partial charge in [-0.3, -0.25) is 21.1 Å². The Morgan fingerprint density at radius 3 is 2.49 bits per heavy atom. The number of carbonyl (C=O) groups excluding carboxylic acids is 1. The standard InChI is InChI=1S/C25H29FN6O3/c1-4-34-20-13-18(19(26)14-21(20)35-15(2)3)23(25(33)32-31-22-7-5-6-12-29-22)30-17-10-8-16(9-11-17)24(27)28/h5-15,23,30H,4H2,1-3H3,(H3,27,28)(H,29,31)(H,32,33). The summed E-state index contributed by atoms with van der Waals surface area (Å²) >= 11 is 0. The molecule has 184 valence electrons. The van der Waals surface area contributed by atoms with E-state index >= 15 is 4.39 Å². The van der Waals surface area contributed by atoms with Gasteiger partial charge in [0.15, 0.2) is 11.5 Å². The third-order valence-corrected chi connectivity index (χ3v) is 4.78. The van der Waals surface area contributed by atoms with Gasteiger partial charge in [-0.25, -0.2) is 9.37 Å². The van der Waals surface area contributed by atoms with Crippen LogP contribution in [0.4, 0.5) is 15.9 Å². The molecule has 1 unspecified atom stereocenters. The average molecular weight is 481 g/mol. The number of ether oxygens (including phenoxy) is 2. The van der Waals surface area contributed by atoms with Crippen LogP contribution < -0.4 is 31.4 Å². The molecule has 35 heavy (non-hydrogen) atoms. The predicted octanol–water partition coefficient (Wildman–Crippen LogP) is 3.99. The first-order valence-electron chi connectivity index (χ1n) is 11.1. The van der Waals surface area contributed by atoms with Gasteiger partial charge in [0.2, 0.25) is 0 Å². The number of nitrogens with one attached hydrogen (secondary N) is 4. The van der Waals surface area contributed by atoms with Crippen LogP contribution in [0.15, 0.2) is 60.8 Å². The first-order chi connectivity index (χ1) is 16.8. The first kappa shape index (κ1) is 25.3. The van der Waals surface area contributed by atoms with E-state index in [0.717, 1.165) is 0 Å². The Morgan fingerprint density at radius 2 is 1.89 bits per heavy atom. The summed E-state index contributed by atoms with van der Waals surface area (Å²) in [6.07, 6.45) is 1.38. The highest BCUT2D eigenvalue weighted by molar-refractivity contribution is 5.95. The van der Waals surface area contributed by atoms with Crippen LogP contribution in [-0.4, -0.2) is 29.4 Å². The number of hydrazine groups is 1. The molecular formula is C25H29FN6O3. The number of hydrogen-bond acceptors (Lipinski definition) is 7. The third kappa shape index (κ3) is 6.83. The average Bonchev–Trinajstić information content (AvgIpc) is 2.83. The number of hydrogen-bond donors (Lipinski definition) is 5. The molecule has 2 aromatic carbocycles. The lowest BCUT2D eigenvalue weighted by atomic mass is 10.0. The molecule has 0 saturated heterocycles. The van der Waals surface area contributed by atoms with Crippen molar-refractivity contribution in [1.82, 2.24) is 10.4 Å². The second-order valence-corrected chi connectivity index (χ2v) is 7.82. The summed E-state index contributed by atoms with van der Waals surface area (Å²) in [5.74, 6) is -0.304. The number of amides is 1. The molecule has 0 fully saturated rings. The van der Waals surface area contributed by atoms with Crippen LogP contribution in [0.5, 0.6) is 11.5 Å². The first-order valence-corrected chi connectivity index (χ1v) is 11.1. The van der Waals surface area contributed by atoms with Gasteiger partial charge in [-0.2, -0.15) is 0 Å². The van der Waals surface area contributed by atoms with E-state index in [0.29, 0.717) is 29.4 Å². The zero-order valence-corrected chi connectivity index (χ0v) is 19.8. The van der Waals surface area contributed by atoms with Gasteiger partial charge < -0.3 is 20.5 Å². The number of benzene rings is 2. The van der Waals surface area contributed by atoms with Crippen LogP contribution in [0.25, 0.3) is 0 Å². The topological polar surface area (TPSA) is 134 Å². The summed E-state index contributed by atoms with van der Waals surface area (Å²) < 4.78 is 26.7. The van der Waals surface area contributed by atoms with E-state index in [1.165, 1.54) is 12.1 Å². The van der Waals surface area contributed by atoms with E-state index in [2.05, 4.69) is 21.2 Å². The molecule has 1 heterocycles. The molecule has 1 aromatic heterocycles. The molecule has 1 atom stereocenters. The molecule has 9 nitrogen and oxygen atoms in total. The van der Waals surface area contributed by atoms with Crippen molar-refractivity contribution in [2.45, 2.75) is 32.9 Å². The van der Waals surface area contributed by atoms with Crippen LogP contribution in [0, 0.1) is 11.2 Å². The van der Waals surface area contributed by atoms with Gasteiger partial charge in [0.25, 0.3) is 5.91 Å². The monoisotopic (exact) mass is 480 g/mol. The number of halogens is 1. The highest BCUT2D eigenvalue weighted by Gasteiger charge is 2.27. The molecule has 1 amide bonds. The van der Waals surface area contributed by atoms with Gasteiger partial charge in [0.1, 0.15) is 23.5 Å². The fraction of sp³-hybridized carbons (Fsp3) is 0.240. The lowest BCUT2D eigenvalue weighted by Gasteiger charge is -2.23. The van der Waals surface area contributed by atoms with Gasteiger partial charge in [-0.05, 0) is 63.2 Å². The largest absolute Gasteiger partial charge is 0.490 e. The number of pyridine rings is 1. The summed E-state index contributed by atoms with van der Waals surface area (Å²) in [4.78, 5) is 17.3. The number of anilines is 2. The van der Waals surface area contributed by atoms with E-state index in [9.17, 15) is 4.79 Å². The number of aromatic nitrogens is 1. The number of carbonyl (C=O) groups is 1. The molecule has 6 N–H and O–H groups in total. The lowest BCUT2D eigenvalue weighted by molar-refractivity contribution is -0.121. The van der Waals surface area contributed by atoms with Gasteiger partial charge in [-0.1, -0.05) is 6.07 Å². The normalized spacial score (nSPS) is 11.5. The van der Waals surface area contributed by atoms with Crippen LogP contribution >= 0.6 is 0 Å². The van der Waals surface area contributed by atoms with Crippen molar-refractivity contribution in [2.24, 2.45) is 5.73 Å². The van der Waals surface area contributed by atoms with Crippen molar-refractivity contribution in [3.8, 4) is 11.5 Å². The maximum Gasteiger partial charge on any atom is 0.265 e. The van der Waals surface area contributed by atoms with Gasteiger partial charge in [0.05, 0.1) is 12.7 Å². The summed E-state index contributed by atoms with van der Waals surface area (Å²) in [5, 5.41) is 10.6. The van der Waals surface area contributed by atoms with Crippen molar-refractivity contribution < 1.29 is 18.7 Å². The fourth-order valence-electron chi connectivity index (χ4n) is 3.22. The van der Waals surface area contributed by atoms with E-state index in [4.69, 9.17) is 20.6 Å². The summed E-state index contributed by atoms with van der Waals surface area (Å²) in [7, 11) is 0. The van der Waals surface area contributed by atoms with Gasteiger partial charge in [-0.15, -0.1) is 0 Å². The summed E-state index contributed by atoms with van der Waals surface area (Å²) in [6, 6.07) is 13.3. The molecule has 0 aliphatic heterocycles. The zero-order chi connectivity index (χ0) is 25.4. The lowest BCUT2D eigenvalue weighted by Crippen LogP contribution is -2.37. The minimum absolute atomic E-state index is 0.0560. The van der Waals surface area contributed by atoms with Crippen molar-refractivity contribution >= 4 is 23.2 Å². The third-order valence-electron chi connectivity index (χ3n) is 4.78. The van der Waals surface area contributed by atoms with E-state index in [1.807, 2.05) is 13.8 Å². The Hall–Kier alpha value is -4.34. The number of amidine groups is 1. The minimum atomic E-state index is -1.15. The second-order valence-electron chi connectivity index (χ2n) is 7.82. The van der Waals surface area contributed by atoms with E-state index in [1.54, 1.807) is 55.6 Å². The minimum Gasteiger partial charge on any atom is -0.490 e. The molecule has 0 saturated carbocycles. The quantitative estimate of drug-likeness (QED) is 0.159. The second kappa shape index (κ2) is 11.7. The zero-order valence-electron chi connectivity index (χ0n) is 19.8. The molecule has 0 spiro atoms.